The summed E-state index contributed by atoms with van der Waals surface area (Å²) in [5.74, 6) is 0. The second-order valence-electron chi connectivity index (χ2n) is 3.30. The molecule has 0 bridgehead atoms. The minimum atomic E-state index is 0.278. The maximum atomic E-state index is 5.95. The summed E-state index contributed by atoms with van der Waals surface area (Å²) in [4.78, 5) is 0.349. The Hall–Kier alpha value is -0.340. The van der Waals surface area contributed by atoms with Crippen LogP contribution in [0, 0.1) is 0 Å². The van der Waals surface area contributed by atoms with E-state index >= 15 is 0 Å². The Morgan fingerprint density at radius 1 is 1.33 bits per heavy atom. The first-order valence-electron chi connectivity index (χ1n) is 4.26. The molecule has 0 aromatic heterocycles. The van der Waals surface area contributed by atoms with E-state index in [1.165, 1.54) is 11.1 Å². The molecule has 1 aliphatic rings. The summed E-state index contributed by atoms with van der Waals surface area (Å²) in [5.41, 5.74) is 8.76. The van der Waals surface area contributed by atoms with Crippen LogP contribution in [0.5, 0.6) is 0 Å². The third-order valence-electron chi connectivity index (χ3n) is 2.48. The van der Waals surface area contributed by atoms with Crippen molar-refractivity contribution in [1.82, 2.24) is 0 Å². The van der Waals surface area contributed by atoms with Gasteiger partial charge in [0.25, 0.3) is 0 Å². The van der Waals surface area contributed by atoms with Crippen molar-refractivity contribution in [1.29, 1.82) is 0 Å². The smallest absolute Gasteiger partial charge is 0.0549 e. The fraction of sp³-hybridized carbons (Fsp3) is 0.400. The number of hydrogen-bond donors (Lipinski definition) is 1. The highest BCUT2D eigenvalue weighted by molar-refractivity contribution is 9.09. The highest BCUT2D eigenvalue weighted by Gasteiger charge is 2.23. The third-order valence-corrected chi connectivity index (χ3v) is 3.65. The van der Waals surface area contributed by atoms with E-state index in [-0.39, 0.29) is 6.04 Å². The molecule has 2 rings (SSSR count). The maximum Gasteiger partial charge on any atom is 0.0549 e. The highest BCUT2D eigenvalue weighted by atomic mass is 79.9. The van der Waals surface area contributed by atoms with Gasteiger partial charge in [0.15, 0.2) is 0 Å². The minimum absolute atomic E-state index is 0.278. The number of benzene rings is 1. The SMILES string of the molecule is NC1CCc2ccccc2C1Br. The van der Waals surface area contributed by atoms with Gasteiger partial charge in [-0.2, -0.15) is 0 Å². The average molecular weight is 226 g/mol. The van der Waals surface area contributed by atoms with Crippen LogP contribution in [0.2, 0.25) is 0 Å². The largest absolute Gasteiger partial charge is 0.326 e. The molecule has 2 unspecified atom stereocenters. The summed E-state index contributed by atoms with van der Waals surface area (Å²) in [7, 11) is 0. The van der Waals surface area contributed by atoms with E-state index in [0.29, 0.717) is 4.83 Å². The van der Waals surface area contributed by atoms with E-state index in [2.05, 4.69) is 40.2 Å². The van der Waals surface area contributed by atoms with Crippen molar-refractivity contribution in [2.24, 2.45) is 5.73 Å². The maximum absolute atomic E-state index is 5.95. The monoisotopic (exact) mass is 225 g/mol. The molecule has 0 radical (unpaired) electrons. The van der Waals surface area contributed by atoms with E-state index in [1.54, 1.807) is 0 Å². The minimum Gasteiger partial charge on any atom is -0.326 e. The van der Waals surface area contributed by atoms with E-state index in [9.17, 15) is 0 Å². The zero-order chi connectivity index (χ0) is 8.55. The van der Waals surface area contributed by atoms with Gasteiger partial charge in [-0.25, -0.2) is 0 Å². The summed E-state index contributed by atoms with van der Waals surface area (Å²) in [5, 5.41) is 0. The van der Waals surface area contributed by atoms with Gasteiger partial charge in [0.2, 0.25) is 0 Å². The molecule has 12 heavy (non-hydrogen) atoms. The van der Waals surface area contributed by atoms with Gasteiger partial charge in [-0.1, -0.05) is 40.2 Å². The molecule has 1 aromatic rings. The standard InChI is InChI=1S/C10H12BrN/c11-10-8-4-2-1-3-7(8)5-6-9(10)12/h1-4,9-10H,5-6,12H2. The number of nitrogens with two attached hydrogens (primary N) is 1. The summed E-state index contributed by atoms with van der Waals surface area (Å²) < 4.78 is 0. The lowest BCUT2D eigenvalue weighted by Crippen LogP contribution is -2.29. The molecule has 2 N–H and O–H groups in total. The molecule has 0 heterocycles. The molecule has 0 fully saturated rings. The molecule has 64 valence electrons. The van der Waals surface area contributed by atoms with Gasteiger partial charge in [-0.05, 0) is 24.0 Å². The van der Waals surface area contributed by atoms with E-state index in [4.69, 9.17) is 5.73 Å². The van der Waals surface area contributed by atoms with Gasteiger partial charge < -0.3 is 5.73 Å². The zero-order valence-electron chi connectivity index (χ0n) is 6.83. The molecule has 0 spiro atoms. The lowest BCUT2D eigenvalue weighted by atomic mass is 9.89. The molecule has 2 atom stereocenters. The molecule has 1 nitrogen and oxygen atoms in total. The number of rotatable bonds is 0. The van der Waals surface area contributed by atoms with Crippen molar-refractivity contribution < 1.29 is 0 Å². The van der Waals surface area contributed by atoms with Gasteiger partial charge in [-0.3, -0.25) is 0 Å². The summed E-state index contributed by atoms with van der Waals surface area (Å²) in [6.07, 6.45) is 2.21. The van der Waals surface area contributed by atoms with Crippen LogP contribution in [0.3, 0.4) is 0 Å². The van der Waals surface area contributed by atoms with Gasteiger partial charge in [-0.15, -0.1) is 0 Å². The van der Waals surface area contributed by atoms with Crippen LogP contribution in [0.4, 0.5) is 0 Å². The third kappa shape index (κ3) is 1.29. The second-order valence-corrected chi connectivity index (χ2v) is 4.29. The molecule has 2 heteroatoms. The van der Waals surface area contributed by atoms with Crippen molar-refractivity contribution in [3.63, 3.8) is 0 Å². The van der Waals surface area contributed by atoms with Crippen molar-refractivity contribution in [2.75, 3.05) is 0 Å². The molecule has 0 aliphatic heterocycles. The Labute approximate surface area is 81.1 Å². The Morgan fingerprint density at radius 2 is 2.08 bits per heavy atom. The number of halogens is 1. The first kappa shape index (κ1) is 8.27. The van der Waals surface area contributed by atoms with Gasteiger partial charge in [0.05, 0.1) is 4.83 Å². The molecule has 0 saturated heterocycles. The Bertz CT molecular complexity index is 285. The predicted octanol–water partition coefficient (Wildman–Crippen LogP) is 2.40. The lowest BCUT2D eigenvalue weighted by Gasteiger charge is -2.26. The summed E-state index contributed by atoms with van der Waals surface area (Å²) in [6, 6.07) is 8.80. The molecule has 0 amide bonds. The average Bonchev–Trinajstić information content (AvgIpc) is 2.12. The Morgan fingerprint density at radius 3 is 2.92 bits per heavy atom. The van der Waals surface area contributed by atoms with Crippen LogP contribution in [0.25, 0.3) is 0 Å². The van der Waals surface area contributed by atoms with Crippen LogP contribution in [0.1, 0.15) is 22.4 Å². The van der Waals surface area contributed by atoms with Crippen LogP contribution < -0.4 is 5.73 Å². The summed E-state index contributed by atoms with van der Waals surface area (Å²) in [6.45, 7) is 0. The first-order valence-corrected chi connectivity index (χ1v) is 5.18. The first-order chi connectivity index (χ1) is 5.79. The van der Waals surface area contributed by atoms with Gasteiger partial charge in [0.1, 0.15) is 0 Å². The molecule has 1 aliphatic carbocycles. The topological polar surface area (TPSA) is 26.0 Å². The van der Waals surface area contributed by atoms with Gasteiger partial charge >= 0.3 is 0 Å². The van der Waals surface area contributed by atoms with Crippen molar-refractivity contribution >= 4 is 15.9 Å². The van der Waals surface area contributed by atoms with Crippen LogP contribution in [0.15, 0.2) is 24.3 Å². The Balaban J connectivity index is 2.42. The van der Waals surface area contributed by atoms with Crippen molar-refractivity contribution in [3.05, 3.63) is 35.4 Å². The number of alkyl halides is 1. The van der Waals surface area contributed by atoms with E-state index in [1.807, 2.05) is 0 Å². The van der Waals surface area contributed by atoms with Gasteiger partial charge in [0, 0.05) is 6.04 Å². The van der Waals surface area contributed by atoms with Crippen LogP contribution >= 0.6 is 15.9 Å². The number of fused-ring (bicyclic) bond motifs is 1. The highest BCUT2D eigenvalue weighted by Crippen LogP contribution is 2.34. The van der Waals surface area contributed by atoms with Crippen LogP contribution in [-0.2, 0) is 6.42 Å². The second kappa shape index (κ2) is 3.19. The van der Waals surface area contributed by atoms with Crippen molar-refractivity contribution in [3.8, 4) is 0 Å². The van der Waals surface area contributed by atoms with E-state index in [0.717, 1.165) is 12.8 Å². The van der Waals surface area contributed by atoms with Crippen LogP contribution in [-0.4, -0.2) is 6.04 Å². The summed E-state index contributed by atoms with van der Waals surface area (Å²) >= 11 is 3.63. The number of aryl methyl sites for hydroxylation is 1. The zero-order valence-corrected chi connectivity index (χ0v) is 8.42. The fourth-order valence-electron chi connectivity index (χ4n) is 1.73. The lowest BCUT2D eigenvalue weighted by molar-refractivity contribution is 0.572. The molecular formula is C10H12BrN. The molecule has 1 aromatic carbocycles. The number of hydrogen-bond acceptors (Lipinski definition) is 1. The molecular weight excluding hydrogens is 214 g/mol. The predicted molar refractivity (Wildman–Crippen MR) is 54.4 cm³/mol. The Kier molecular flexibility index (Phi) is 2.20. The van der Waals surface area contributed by atoms with E-state index < -0.39 is 0 Å². The quantitative estimate of drug-likeness (QED) is 0.675. The van der Waals surface area contributed by atoms with Crippen molar-refractivity contribution in [2.45, 2.75) is 23.7 Å². The normalized spacial score (nSPS) is 28.2. The fourth-order valence-corrected chi connectivity index (χ4v) is 2.44. The molecule has 0 saturated carbocycles.